The van der Waals surface area contributed by atoms with Gasteiger partial charge in [0.05, 0.1) is 6.42 Å². The number of amides is 1. The van der Waals surface area contributed by atoms with Crippen LogP contribution in [0.15, 0.2) is 54.6 Å². The molecule has 0 aliphatic carbocycles. The van der Waals surface area contributed by atoms with Crippen LogP contribution in [-0.2, 0) is 43.2 Å². The molecule has 0 unspecified atom stereocenters. The average molecular weight is 470 g/mol. The molecule has 7 nitrogen and oxygen atoms in total. The molecule has 0 radical (unpaired) electrons. The van der Waals surface area contributed by atoms with Gasteiger partial charge in [-0.05, 0) is 58.2 Å². The Balaban J connectivity index is 2.06. The van der Waals surface area contributed by atoms with Gasteiger partial charge in [0.2, 0.25) is 0 Å². The maximum atomic E-state index is 12.8. The molecule has 1 amide bonds. The van der Waals surface area contributed by atoms with Crippen LogP contribution in [0.5, 0.6) is 0 Å². The molecule has 2 rings (SSSR count). The van der Waals surface area contributed by atoms with Crippen molar-refractivity contribution in [3.63, 3.8) is 0 Å². The van der Waals surface area contributed by atoms with Crippen molar-refractivity contribution in [2.24, 2.45) is 0 Å². The second kappa shape index (κ2) is 11.7. The van der Waals surface area contributed by atoms with Gasteiger partial charge in [0, 0.05) is 6.42 Å². The van der Waals surface area contributed by atoms with E-state index in [4.69, 9.17) is 14.2 Å². The summed E-state index contributed by atoms with van der Waals surface area (Å²) >= 11 is 0. The summed E-state index contributed by atoms with van der Waals surface area (Å²) < 4.78 is 16.1. The molecule has 1 N–H and O–H groups in total. The summed E-state index contributed by atoms with van der Waals surface area (Å²) in [6.45, 7) is 10.8. The lowest BCUT2D eigenvalue weighted by atomic mass is 10.0. The first-order valence-corrected chi connectivity index (χ1v) is 11.3. The van der Waals surface area contributed by atoms with Crippen molar-refractivity contribution in [3.8, 4) is 0 Å². The molecular weight excluding hydrogens is 434 g/mol. The fourth-order valence-electron chi connectivity index (χ4n) is 3.05. The molecule has 0 spiro atoms. The highest BCUT2D eigenvalue weighted by Gasteiger charge is 2.26. The van der Waals surface area contributed by atoms with Crippen molar-refractivity contribution < 1.29 is 28.6 Å². The highest BCUT2D eigenvalue weighted by atomic mass is 16.6. The van der Waals surface area contributed by atoms with Gasteiger partial charge in [0.15, 0.2) is 0 Å². The minimum atomic E-state index is -0.935. The van der Waals surface area contributed by atoms with E-state index in [0.29, 0.717) is 0 Å². The Morgan fingerprint density at radius 3 is 1.88 bits per heavy atom. The molecule has 0 heterocycles. The smallest absolute Gasteiger partial charge is 0.408 e. The molecule has 2 aromatic rings. The normalized spacial score (nSPS) is 12.4. The fraction of sp³-hybridized carbons (Fsp3) is 0.444. The first-order valence-electron chi connectivity index (χ1n) is 11.3. The molecule has 0 fully saturated rings. The lowest BCUT2D eigenvalue weighted by molar-refractivity contribution is -0.154. The second-order valence-electron chi connectivity index (χ2n) is 10.1. The van der Waals surface area contributed by atoms with Gasteiger partial charge < -0.3 is 19.5 Å². The number of hydrogen-bond donors (Lipinski definition) is 1. The number of carbonyl (C=O) groups is 3. The minimum absolute atomic E-state index is 0.0982. The van der Waals surface area contributed by atoms with E-state index in [1.165, 1.54) is 0 Å². The van der Waals surface area contributed by atoms with Gasteiger partial charge in [-0.2, -0.15) is 0 Å². The topological polar surface area (TPSA) is 90.9 Å². The third kappa shape index (κ3) is 10.5. The Hall–Kier alpha value is -3.35. The van der Waals surface area contributed by atoms with E-state index in [9.17, 15) is 14.4 Å². The Labute approximate surface area is 201 Å². The zero-order chi connectivity index (χ0) is 25.4. The van der Waals surface area contributed by atoms with Crippen molar-refractivity contribution in [1.29, 1.82) is 0 Å². The van der Waals surface area contributed by atoms with Crippen LogP contribution in [0.2, 0.25) is 0 Å². The summed E-state index contributed by atoms with van der Waals surface area (Å²) in [5.41, 5.74) is 1.19. The van der Waals surface area contributed by atoms with Crippen molar-refractivity contribution in [2.75, 3.05) is 0 Å². The van der Waals surface area contributed by atoms with E-state index >= 15 is 0 Å². The van der Waals surface area contributed by atoms with E-state index in [-0.39, 0.29) is 25.4 Å². The number of benzene rings is 2. The fourth-order valence-corrected chi connectivity index (χ4v) is 3.05. The quantitative estimate of drug-likeness (QED) is 0.443. The van der Waals surface area contributed by atoms with Gasteiger partial charge in [-0.3, -0.25) is 4.79 Å². The van der Waals surface area contributed by atoms with Gasteiger partial charge >= 0.3 is 18.0 Å². The third-order valence-electron chi connectivity index (χ3n) is 4.43. The average Bonchev–Trinajstić information content (AvgIpc) is 2.71. The largest absolute Gasteiger partial charge is 0.460 e. The molecule has 7 heteroatoms. The summed E-state index contributed by atoms with van der Waals surface area (Å²) in [6, 6.07) is 15.6. The number of hydrogen-bond acceptors (Lipinski definition) is 6. The monoisotopic (exact) mass is 469 g/mol. The van der Waals surface area contributed by atoms with Crippen LogP contribution in [0.1, 0.15) is 58.2 Å². The van der Waals surface area contributed by atoms with Crippen molar-refractivity contribution in [1.82, 2.24) is 5.32 Å². The van der Waals surface area contributed by atoms with Gasteiger partial charge in [0.1, 0.15) is 23.9 Å². The van der Waals surface area contributed by atoms with Crippen LogP contribution in [-0.4, -0.2) is 35.3 Å². The molecule has 0 saturated carbocycles. The second-order valence-corrected chi connectivity index (χ2v) is 10.1. The van der Waals surface area contributed by atoms with E-state index in [1.807, 2.05) is 63.2 Å². The van der Waals surface area contributed by atoms with Crippen molar-refractivity contribution >= 4 is 18.0 Å². The zero-order valence-corrected chi connectivity index (χ0v) is 20.8. The van der Waals surface area contributed by atoms with Gasteiger partial charge in [-0.25, -0.2) is 9.59 Å². The molecule has 0 aliphatic rings. The number of alkyl carbamates (subject to hydrolysis) is 1. The molecule has 0 bridgehead atoms. The number of ether oxygens (including phenoxy) is 3. The van der Waals surface area contributed by atoms with E-state index < -0.39 is 29.3 Å². The first-order chi connectivity index (χ1) is 15.8. The maximum Gasteiger partial charge on any atom is 0.408 e. The van der Waals surface area contributed by atoms with Crippen LogP contribution in [0, 0.1) is 0 Å². The SMILES string of the molecule is CC(C)(C)OC(=O)Cc1ccc(C[C@H](NC(=O)OC(C)(C)C)C(=O)OCc2ccccc2)cc1. The Kier molecular flexibility index (Phi) is 9.24. The lowest BCUT2D eigenvalue weighted by Crippen LogP contribution is -2.45. The predicted molar refractivity (Wildman–Crippen MR) is 129 cm³/mol. The molecular formula is C27H35NO6. The molecule has 0 saturated heterocycles. The minimum Gasteiger partial charge on any atom is -0.460 e. The number of esters is 2. The summed E-state index contributed by atoms with van der Waals surface area (Å²) in [7, 11) is 0. The molecule has 1 atom stereocenters. The van der Waals surface area contributed by atoms with Gasteiger partial charge in [-0.1, -0.05) is 54.6 Å². The molecule has 184 valence electrons. The van der Waals surface area contributed by atoms with Crippen LogP contribution in [0.4, 0.5) is 4.79 Å². The standard InChI is InChI=1S/C27H35NO6/c1-26(2,3)33-23(29)17-20-14-12-19(13-15-20)16-22(28-25(31)34-27(4,5)6)24(30)32-18-21-10-8-7-9-11-21/h7-15,22H,16-18H2,1-6H3,(H,28,31)/t22-/m0/s1. The zero-order valence-electron chi connectivity index (χ0n) is 20.8. The summed E-state index contributed by atoms with van der Waals surface area (Å²) in [4.78, 5) is 37.2. The number of nitrogens with one attached hydrogen (secondary N) is 1. The van der Waals surface area contributed by atoms with E-state index in [0.717, 1.165) is 16.7 Å². The Morgan fingerprint density at radius 2 is 1.32 bits per heavy atom. The molecule has 0 aromatic heterocycles. The van der Waals surface area contributed by atoms with Crippen molar-refractivity contribution in [2.45, 2.75) is 78.2 Å². The highest BCUT2D eigenvalue weighted by molar-refractivity contribution is 5.81. The first kappa shape index (κ1) is 26.9. The summed E-state index contributed by atoms with van der Waals surface area (Å²) in [5, 5.41) is 2.62. The Bertz CT molecular complexity index is 955. The summed E-state index contributed by atoms with van der Waals surface area (Å²) in [6.07, 6.45) is -0.341. The van der Waals surface area contributed by atoms with Crippen LogP contribution >= 0.6 is 0 Å². The van der Waals surface area contributed by atoms with Crippen LogP contribution < -0.4 is 5.32 Å². The molecule has 0 aliphatic heterocycles. The molecule has 34 heavy (non-hydrogen) atoms. The van der Waals surface area contributed by atoms with E-state index in [2.05, 4.69) is 5.32 Å². The highest BCUT2D eigenvalue weighted by Crippen LogP contribution is 2.14. The predicted octanol–water partition coefficient (Wildman–Crippen LogP) is 4.75. The van der Waals surface area contributed by atoms with Gasteiger partial charge in [-0.15, -0.1) is 0 Å². The number of rotatable bonds is 8. The summed E-state index contributed by atoms with van der Waals surface area (Å²) in [5.74, 6) is -0.873. The number of carbonyl (C=O) groups excluding carboxylic acids is 3. The lowest BCUT2D eigenvalue weighted by Gasteiger charge is -2.23. The third-order valence-corrected chi connectivity index (χ3v) is 4.43. The Morgan fingerprint density at radius 1 is 0.765 bits per heavy atom. The van der Waals surface area contributed by atoms with Crippen LogP contribution in [0.3, 0.4) is 0 Å². The van der Waals surface area contributed by atoms with Gasteiger partial charge in [0.25, 0.3) is 0 Å². The van der Waals surface area contributed by atoms with E-state index in [1.54, 1.807) is 32.9 Å². The maximum absolute atomic E-state index is 12.8. The van der Waals surface area contributed by atoms with Crippen molar-refractivity contribution in [3.05, 3.63) is 71.3 Å². The molecule has 2 aromatic carbocycles. The van der Waals surface area contributed by atoms with Crippen LogP contribution in [0.25, 0.3) is 0 Å².